The topological polar surface area (TPSA) is 84.9 Å². The fourth-order valence-electron chi connectivity index (χ4n) is 7.62. The monoisotopic (exact) mass is 772 g/mol. The minimum Gasteiger partial charge on any atom is -0.493 e. The van der Waals surface area contributed by atoms with E-state index in [4.69, 9.17) is 9.47 Å². The average Bonchev–Trinajstić information content (AvgIpc) is 3.03. The minimum absolute atomic E-state index is 0.0901. The zero-order valence-corrected chi connectivity index (χ0v) is 31.4. The number of amides is 1. The average molecular weight is 773 g/mol. The number of aryl methyl sites for hydroxylation is 1. The summed E-state index contributed by atoms with van der Waals surface area (Å²) >= 11 is 2.20. The van der Waals surface area contributed by atoms with Gasteiger partial charge in [-0.15, -0.1) is 0 Å². The fraction of sp³-hybridized carbons (Fsp3) is 0.390. The second-order valence-corrected chi connectivity index (χ2v) is 16.3. The number of para-hydroxylation sites is 1. The summed E-state index contributed by atoms with van der Waals surface area (Å²) in [6.07, 6.45) is 3.13. The number of rotatable bonds is 9. The van der Waals surface area contributed by atoms with Crippen LogP contribution in [-0.2, 0) is 20.8 Å². The minimum atomic E-state index is -0.508. The molecule has 7 nitrogen and oxygen atoms in total. The highest BCUT2D eigenvalue weighted by Gasteiger charge is 2.49. The van der Waals surface area contributed by atoms with Crippen molar-refractivity contribution in [1.29, 1.82) is 0 Å². The van der Waals surface area contributed by atoms with E-state index in [0.29, 0.717) is 30.9 Å². The number of methoxy groups -OCH3 is 1. The molecule has 0 saturated carbocycles. The molecule has 3 aromatic rings. The van der Waals surface area contributed by atoms with Crippen LogP contribution in [0.5, 0.6) is 11.5 Å². The number of allylic oxidation sites excluding steroid dienone is 4. The molecule has 0 fully saturated rings. The Morgan fingerprint density at radius 2 is 1.47 bits per heavy atom. The molecule has 0 saturated heterocycles. The van der Waals surface area contributed by atoms with E-state index >= 15 is 0 Å². The Hall–Kier alpha value is -3.92. The normalized spacial score (nSPS) is 18.6. The van der Waals surface area contributed by atoms with E-state index in [-0.39, 0.29) is 34.9 Å². The zero-order chi connectivity index (χ0) is 35.1. The van der Waals surface area contributed by atoms with Crippen LogP contribution in [0.25, 0.3) is 0 Å². The van der Waals surface area contributed by atoms with Gasteiger partial charge in [0.2, 0.25) is 0 Å². The van der Waals surface area contributed by atoms with Gasteiger partial charge >= 0.3 is 0 Å². The van der Waals surface area contributed by atoms with Crippen LogP contribution in [0, 0.1) is 21.3 Å². The molecule has 8 heteroatoms. The second kappa shape index (κ2) is 13.8. The Balaban J connectivity index is 1.41. The van der Waals surface area contributed by atoms with Gasteiger partial charge in [-0.3, -0.25) is 14.4 Å². The smallest absolute Gasteiger partial charge is 0.262 e. The summed E-state index contributed by atoms with van der Waals surface area (Å²) in [6.45, 7) is 11.1. The molecule has 0 radical (unpaired) electrons. The number of hydrogen-bond acceptors (Lipinski definition) is 6. The number of nitrogens with one attached hydrogen (secondary N) is 1. The molecule has 3 aromatic carbocycles. The van der Waals surface area contributed by atoms with Crippen molar-refractivity contribution in [2.24, 2.45) is 10.8 Å². The van der Waals surface area contributed by atoms with Crippen LogP contribution < -0.4 is 14.8 Å². The molecule has 0 unspecified atom stereocenters. The molecule has 0 bridgehead atoms. The van der Waals surface area contributed by atoms with Gasteiger partial charge in [-0.25, -0.2) is 0 Å². The van der Waals surface area contributed by atoms with Gasteiger partial charge in [-0.2, -0.15) is 0 Å². The first-order valence-corrected chi connectivity index (χ1v) is 18.0. The summed E-state index contributed by atoms with van der Waals surface area (Å²) in [6, 6.07) is 21.8. The van der Waals surface area contributed by atoms with Crippen molar-refractivity contribution >= 4 is 45.8 Å². The SMILES string of the molecule is COc1cc(C2C3=C(CC(C)(C)CC3=O)N(CCc3ccccc3)C3=C2C(=O)CC(C)(C)C3)cc(I)c1OCC(=O)Nc1ccccc1C. The lowest BCUT2D eigenvalue weighted by atomic mass is 9.63. The summed E-state index contributed by atoms with van der Waals surface area (Å²) < 4.78 is 12.7. The Bertz CT molecular complexity index is 1820. The van der Waals surface area contributed by atoms with Crippen molar-refractivity contribution < 1.29 is 23.9 Å². The molecule has 49 heavy (non-hydrogen) atoms. The van der Waals surface area contributed by atoms with Crippen molar-refractivity contribution in [2.75, 3.05) is 25.6 Å². The number of Topliss-reactive ketones (excluding diaryl/α,β-unsaturated/α-hetero) is 2. The van der Waals surface area contributed by atoms with Crippen LogP contribution >= 0.6 is 22.6 Å². The molecule has 0 aromatic heterocycles. The van der Waals surface area contributed by atoms with E-state index in [2.05, 4.69) is 84.8 Å². The highest BCUT2D eigenvalue weighted by atomic mass is 127. The number of nitrogens with zero attached hydrogens (tertiary/aromatic N) is 1. The number of carbonyl (C=O) groups excluding carboxylic acids is 3. The zero-order valence-electron chi connectivity index (χ0n) is 29.2. The highest BCUT2D eigenvalue weighted by Crippen LogP contribution is 2.55. The first kappa shape index (κ1) is 34.9. The highest BCUT2D eigenvalue weighted by molar-refractivity contribution is 14.1. The predicted molar refractivity (Wildman–Crippen MR) is 201 cm³/mol. The lowest BCUT2D eigenvalue weighted by Gasteiger charge is -2.49. The standard InChI is InChI=1S/C41H45IN2O5/c1-25-12-10-11-15-29(25)43-35(47)24-49-39-28(42)18-27(19-34(39)48-6)36-37-30(20-40(2,3)22-32(37)45)44(17-16-26-13-8-7-9-14-26)31-21-41(4,5)23-33(46)38(31)36/h7-15,18-19,36H,16-17,20-24H2,1-6H3,(H,43,47). The molecule has 0 spiro atoms. The van der Waals surface area contributed by atoms with Crippen LogP contribution in [0.2, 0.25) is 0 Å². The molecule has 1 heterocycles. The Kier molecular flexibility index (Phi) is 9.81. The van der Waals surface area contributed by atoms with Crippen LogP contribution in [0.3, 0.4) is 0 Å². The molecule has 2 aliphatic carbocycles. The van der Waals surface area contributed by atoms with Gasteiger partial charge in [-0.1, -0.05) is 76.2 Å². The Morgan fingerprint density at radius 3 is 2.06 bits per heavy atom. The van der Waals surface area contributed by atoms with Gasteiger partial charge in [0.05, 0.1) is 10.7 Å². The molecule has 3 aliphatic rings. The summed E-state index contributed by atoms with van der Waals surface area (Å²) in [5.74, 6) is 0.288. The molecule has 1 aliphatic heterocycles. The first-order valence-electron chi connectivity index (χ1n) is 17.0. The lowest BCUT2D eigenvalue weighted by Crippen LogP contribution is -2.45. The summed E-state index contributed by atoms with van der Waals surface area (Å²) in [5.41, 5.74) is 6.84. The van der Waals surface area contributed by atoms with Crippen LogP contribution in [0.1, 0.15) is 76.0 Å². The van der Waals surface area contributed by atoms with Gasteiger partial charge in [-0.05, 0) is 94.5 Å². The predicted octanol–water partition coefficient (Wildman–Crippen LogP) is 8.55. The molecule has 6 rings (SSSR count). The van der Waals surface area contributed by atoms with Crippen molar-refractivity contribution in [3.63, 3.8) is 0 Å². The lowest BCUT2D eigenvalue weighted by molar-refractivity contribution is -0.120. The fourth-order valence-corrected chi connectivity index (χ4v) is 8.40. The number of carbonyl (C=O) groups is 3. The van der Waals surface area contributed by atoms with Crippen molar-refractivity contribution in [1.82, 2.24) is 4.90 Å². The molecule has 0 atom stereocenters. The van der Waals surface area contributed by atoms with Crippen molar-refractivity contribution in [3.05, 3.63) is 110 Å². The van der Waals surface area contributed by atoms with Gasteiger partial charge in [0, 0.05) is 53.5 Å². The van der Waals surface area contributed by atoms with E-state index in [0.717, 1.165) is 62.2 Å². The molecule has 1 amide bonds. The molecular weight excluding hydrogens is 727 g/mol. The van der Waals surface area contributed by atoms with Crippen LogP contribution in [0.15, 0.2) is 89.3 Å². The van der Waals surface area contributed by atoms with E-state index in [1.807, 2.05) is 49.4 Å². The number of ether oxygens (including phenoxy) is 2. The maximum atomic E-state index is 14.3. The maximum Gasteiger partial charge on any atom is 0.262 e. The van der Waals surface area contributed by atoms with E-state index in [9.17, 15) is 14.4 Å². The summed E-state index contributed by atoms with van der Waals surface area (Å²) in [4.78, 5) is 43.8. The second-order valence-electron chi connectivity index (χ2n) is 15.1. The molecular formula is C41H45IN2O5. The number of benzene rings is 3. The van der Waals surface area contributed by atoms with Crippen molar-refractivity contribution in [2.45, 2.75) is 72.6 Å². The van der Waals surface area contributed by atoms with Crippen LogP contribution in [-0.4, -0.2) is 42.6 Å². The third-order valence-corrected chi connectivity index (χ3v) is 10.6. The maximum absolute atomic E-state index is 14.3. The van der Waals surface area contributed by atoms with Gasteiger partial charge in [0.1, 0.15) is 0 Å². The third-order valence-electron chi connectivity index (χ3n) is 9.84. The van der Waals surface area contributed by atoms with Gasteiger partial charge in [0.15, 0.2) is 29.7 Å². The quantitative estimate of drug-likeness (QED) is 0.220. The number of halogens is 1. The number of ketones is 2. The molecule has 256 valence electrons. The first-order chi connectivity index (χ1) is 23.3. The van der Waals surface area contributed by atoms with E-state index in [1.54, 1.807) is 7.11 Å². The van der Waals surface area contributed by atoms with E-state index < -0.39 is 5.92 Å². The largest absolute Gasteiger partial charge is 0.493 e. The number of anilines is 1. The summed E-state index contributed by atoms with van der Waals surface area (Å²) in [7, 11) is 1.57. The number of hydrogen-bond donors (Lipinski definition) is 1. The molecule has 1 N–H and O–H groups in total. The van der Waals surface area contributed by atoms with Gasteiger partial charge in [0.25, 0.3) is 5.91 Å². The van der Waals surface area contributed by atoms with E-state index in [1.165, 1.54) is 5.56 Å². The third kappa shape index (κ3) is 7.35. The van der Waals surface area contributed by atoms with Gasteiger partial charge < -0.3 is 19.7 Å². The van der Waals surface area contributed by atoms with Crippen molar-refractivity contribution in [3.8, 4) is 11.5 Å². The Labute approximate surface area is 303 Å². The van der Waals surface area contributed by atoms with Crippen LogP contribution in [0.4, 0.5) is 5.69 Å². The Morgan fingerprint density at radius 1 is 0.878 bits per heavy atom. The summed E-state index contributed by atoms with van der Waals surface area (Å²) in [5, 5.41) is 2.91.